The third-order valence-electron chi connectivity index (χ3n) is 3.97. The van der Waals surface area contributed by atoms with Crippen molar-refractivity contribution in [3.8, 4) is 17.0 Å². The number of rotatable bonds is 7. The standard InChI is InChI=1S/C19H18FN3O4S/c1-27-17-9-7-15(20)13-18(17)28(25,26)21-11-12-23-19(24)10-8-16(22-23)14-5-3-2-4-6-14/h2-10,13,21H,11-12H2,1H3. The normalized spacial score (nSPS) is 11.4. The first-order chi connectivity index (χ1) is 13.4. The Balaban J connectivity index is 1.76. The summed E-state index contributed by atoms with van der Waals surface area (Å²) in [5.41, 5.74) is 1.07. The molecule has 0 atom stereocenters. The highest BCUT2D eigenvalue weighted by atomic mass is 32.2. The van der Waals surface area contributed by atoms with E-state index in [1.807, 2.05) is 30.3 Å². The smallest absolute Gasteiger partial charge is 0.266 e. The van der Waals surface area contributed by atoms with Crippen molar-refractivity contribution >= 4 is 10.0 Å². The van der Waals surface area contributed by atoms with Crippen LogP contribution in [0.4, 0.5) is 4.39 Å². The molecule has 1 N–H and O–H groups in total. The lowest BCUT2D eigenvalue weighted by Gasteiger charge is -2.11. The summed E-state index contributed by atoms with van der Waals surface area (Å²) in [6, 6.07) is 15.5. The van der Waals surface area contributed by atoms with Crippen molar-refractivity contribution in [3.05, 3.63) is 76.8 Å². The molecule has 0 saturated carbocycles. The summed E-state index contributed by atoms with van der Waals surface area (Å²) in [6.45, 7) is -0.0937. The number of nitrogens with zero attached hydrogens (tertiary/aromatic N) is 2. The van der Waals surface area contributed by atoms with E-state index in [2.05, 4.69) is 9.82 Å². The molecule has 0 fully saturated rings. The molecule has 0 aliphatic carbocycles. The first-order valence-electron chi connectivity index (χ1n) is 8.37. The molecular weight excluding hydrogens is 385 g/mol. The lowest BCUT2D eigenvalue weighted by Crippen LogP contribution is -2.32. The fourth-order valence-corrected chi connectivity index (χ4v) is 3.80. The van der Waals surface area contributed by atoms with E-state index in [1.54, 1.807) is 6.07 Å². The second-order valence-corrected chi connectivity index (χ2v) is 7.57. The van der Waals surface area contributed by atoms with E-state index < -0.39 is 15.8 Å². The maximum Gasteiger partial charge on any atom is 0.266 e. The Kier molecular flexibility index (Phi) is 5.86. The van der Waals surface area contributed by atoms with E-state index >= 15 is 0 Å². The average molecular weight is 403 g/mol. The highest BCUT2D eigenvalue weighted by Gasteiger charge is 2.20. The number of aromatic nitrogens is 2. The SMILES string of the molecule is COc1ccc(F)cc1S(=O)(=O)NCCn1nc(-c2ccccc2)ccc1=O. The highest BCUT2D eigenvalue weighted by molar-refractivity contribution is 7.89. The van der Waals surface area contributed by atoms with Crippen LogP contribution in [0, 0.1) is 5.82 Å². The van der Waals surface area contributed by atoms with Gasteiger partial charge in [0.1, 0.15) is 16.5 Å². The molecule has 28 heavy (non-hydrogen) atoms. The summed E-state index contributed by atoms with van der Waals surface area (Å²) in [4.78, 5) is 11.7. The minimum absolute atomic E-state index is 0.0103. The quantitative estimate of drug-likeness (QED) is 0.652. The lowest BCUT2D eigenvalue weighted by atomic mass is 10.1. The minimum atomic E-state index is -4.03. The summed E-state index contributed by atoms with van der Waals surface area (Å²) in [6.07, 6.45) is 0. The van der Waals surface area contributed by atoms with Gasteiger partial charge in [-0.15, -0.1) is 0 Å². The number of halogens is 1. The van der Waals surface area contributed by atoms with Gasteiger partial charge in [0, 0.05) is 18.2 Å². The zero-order valence-electron chi connectivity index (χ0n) is 15.0. The molecule has 0 unspecified atom stereocenters. The van der Waals surface area contributed by atoms with Crippen molar-refractivity contribution in [3.63, 3.8) is 0 Å². The van der Waals surface area contributed by atoms with Gasteiger partial charge in [-0.3, -0.25) is 4.79 Å². The molecule has 0 aliphatic rings. The topological polar surface area (TPSA) is 90.3 Å². The van der Waals surface area contributed by atoms with Gasteiger partial charge in [0.05, 0.1) is 19.3 Å². The fourth-order valence-electron chi connectivity index (χ4n) is 2.60. The van der Waals surface area contributed by atoms with Gasteiger partial charge in [-0.2, -0.15) is 5.10 Å². The molecule has 2 aromatic carbocycles. The van der Waals surface area contributed by atoms with Crippen LogP contribution in [0.5, 0.6) is 5.75 Å². The zero-order valence-corrected chi connectivity index (χ0v) is 15.8. The van der Waals surface area contributed by atoms with Crippen LogP contribution in [0.15, 0.2) is 70.4 Å². The van der Waals surface area contributed by atoms with E-state index in [9.17, 15) is 17.6 Å². The maximum absolute atomic E-state index is 13.5. The first kappa shape index (κ1) is 19.7. The van der Waals surface area contributed by atoms with E-state index in [0.717, 1.165) is 17.7 Å². The van der Waals surface area contributed by atoms with Gasteiger partial charge in [0.25, 0.3) is 5.56 Å². The van der Waals surface area contributed by atoms with Crippen molar-refractivity contribution in [1.29, 1.82) is 0 Å². The molecule has 0 amide bonds. The van der Waals surface area contributed by atoms with Crippen LogP contribution < -0.4 is 15.0 Å². The van der Waals surface area contributed by atoms with E-state index in [4.69, 9.17) is 4.74 Å². The van der Waals surface area contributed by atoms with E-state index in [1.165, 1.54) is 23.9 Å². The van der Waals surface area contributed by atoms with Crippen molar-refractivity contribution in [2.45, 2.75) is 11.4 Å². The summed E-state index contributed by atoms with van der Waals surface area (Å²) in [5.74, 6) is -0.676. The summed E-state index contributed by atoms with van der Waals surface area (Å²) >= 11 is 0. The van der Waals surface area contributed by atoms with Crippen LogP contribution in [-0.4, -0.2) is 31.9 Å². The average Bonchev–Trinajstić information content (AvgIpc) is 2.70. The molecule has 0 saturated heterocycles. The van der Waals surface area contributed by atoms with Gasteiger partial charge in [0.15, 0.2) is 0 Å². The Bertz CT molecular complexity index is 1130. The highest BCUT2D eigenvalue weighted by Crippen LogP contribution is 2.24. The monoisotopic (exact) mass is 403 g/mol. The second kappa shape index (κ2) is 8.32. The predicted octanol–water partition coefficient (Wildman–Crippen LogP) is 2.04. The first-order valence-corrected chi connectivity index (χ1v) is 9.86. The summed E-state index contributed by atoms with van der Waals surface area (Å²) in [7, 11) is -2.73. The van der Waals surface area contributed by atoms with Crippen LogP contribution in [0.2, 0.25) is 0 Å². The van der Waals surface area contributed by atoms with Crippen LogP contribution in [0.3, 0.4) is 0 Å². The molecule has 7 nitrogen and oxygen atoms in total. The Morgan fingerprint density at radius 3 is 2.57 bits per heavy atom. The van der Waals surface area contributed by atoms with Crippen LogP contribution in [0.25, 0.3) is 11.3 Å². The molecular formula is C19H18FN3O4S. The van der Waals surface area contributed by atoms with Gasteiger partial charge < -0.3 is 4.74 Å². The number of methoxy groups -OCH3 is 1. The molecule has 0 radical (unpaired) electrons. The Morgan fingerprint density at radius 1 is 1.11 bits per heavy atom. The molecule has 1 heterocycles. The van der Waals surface area contributed by atoms with Crippen molar-refractivity contribution in [1.82, 2.24) is 14.5 Å². The maximum atomic E-state index is 13.5. The predicted molar refractivity (Wildman–Crippen MR) is 102 cm³/mol. The molecule has 0 bridgehead atoms. The van der Waals surface area contributed by atoms with Crippen LogP contribution in [-0.2, 0) is 16.6 Å². The van der Waals surface area contributed by atoms with Crippen molar-refractivity contribution < 1.29 is 17.5 Å². The van der Waals surface area contributed by atoms with Gasteiger partial charge in [0.2, 0.25) is 10.0 Å². The van der Waals surface area contributed by atoms with E-state index in [0.29, 0.717) is 5.69 Å². The third-order valence-corrected chi connectivity index (χ3v) is 5.45. The third kappa shape index (κ3) is 4.44. The van der Waals surface area contributed by atoms with Crippen LogP contribution >= 0.6 is 0 Å². The Labute approximate surface area is 161 Å². The summed E-state index contributed by atoms with van der Waals surface area (Å²) < 4.78 is 46.9. The van der Waals surface area contributed by atoms with Gasteiger partial charge in [-0.25, -0.2) is 22.2 Å². The van der Waals surface area contributed by atoms with Crippen LogP contribution in [0.1, 0.15) is 0 Å². The second-order valence-electron chi connectivity index (χ2n) is 5.84. The molecule has 146 valence electrons. The van der Waals surface area contributed by atoms with Crippen molar-refractivity contribution in [2.75, 3.05) is 13.7 Å². The molecule has 1 aromatic heterocycles. The fraction of sp³-hybridized carbons (Fsp3) is 0.158. The zero-order chi connectivity index (χ0) is 20.1. The van der Waals surface area contributed by atoms with Gasteiger partial charge >= 0.3 is 0 Å². The largest absolute Gasteiger partial charge is 0.495 e. The number of hydrogen-bond donors (Lipinski definition) is 1. The molecule has 0 spiro atoms. The Morgan fingerprint density at radius 2 is 1.86 bits per heavy atom. The Hall–Kier alpha value is -3.04. The van der Waals surface area contributed by atoms with Gasteiger partial charge in [-0.05, 0) is 24.3 Å². The summed E-state index contributed by atoms with van der Waals surface area (Å²) in [5, 5.41) is 4.27. The molecule has 3 aromatic rings. The number of hydrogen-bond acceptors (Lipinski definition) is 5. The molecule has 9 heteroatoms. The number of sulfonamides is 1. The minimum Gasteiger partial charge on any atom is -0.495 e. The number of benzene rings is 2. The van der Waals surface area contributed by atoms with Crippen molar-refractivity contribution in [2.24, 2.45) is 0 Å². The molecule has 0 aliphatic heterocycles. The van der Waals surface area contributed by atoms with Gasteiger partial charge in [-0.1, -0.05) is 30.3 Å². The number of ether oxygens (including phenoxy) is 1. The lowest BCUT2D eigenvalue weighted by molar-refractivity contribution is 0.400. The van der Waals surface area contributed by atoms with E-state index in [-0.39, 0.29) is 29.3 Å². The molecule has 3 rings (SSSR count). The number of nitrogens with one attached hydrogen (secondary N) is 1.